The highest BCUT2D eigenvalue weighted by atomic mass is 79.9. The highest BCUT2D eigenvalue weighted by Crippen LogP contribution is 2.26. The Labute approximate surface area is 124 Å². The molecular weight excluding hydrogens is 298 g/mol. The van der Waals surface area contributed by atoms with Crippen LogP contribution in [0.5, 0.6) is 0 Å². The minimum atomic E-state index is 0.252. The Morgan fingerprint density at radius 3 is 2.37 bits per heavy atom. The smallest absolute Gasteiger partial charge is 0.0577 e. The van der Waals surface area contributed by atoms with Crippen LogP contribution >= 0.6 is 15.9 Å². The van der Waals surface area contributed by atoms with Gasteiger partial charge in [0.25, 0.3) is 0 Å². The van der Waals surface area contributed by atoms with Crippen LogP contribution in [0.4, 0.5) is 0 Å². The van der Waals surface area contributed by atoms with Gasteiger partial charge in [0.15, 0.2) is 0 Å². The fourth-order valence-electron chi connectivity index (χ4n) is 2.26. The molecule has 0 radical (unpaired) electrons. The van der Waals surface area contributed by atoms with E-state index in [4.69, 9.17) is 0 Å². The zero-order valence-electron chi connectivity index (χ0n) is 11.7. The zero-order valence-corrected chi connectivity index (χ0v) is 13.3. The highest BCUT2D eigenvalue weighted by molar-refractivity contribution is 9.10. The molecule has 100 valence electrons. The van der Waals surface area contributed by atoms with Crippen molar-refractivity contribution in [2.75, 3.05) is 6.54 Å². The van der Waals surface area contributed by atoms with Gasteiger partial charge in [-0.1, -0.05) is 53.2 Å². The van der Waals surface area contributed by atoms with Crippen molar-refractivity contribution in [3.05, 3.63) is 69.2 Å². The number of nitrogens with one attached hydrogen (secondary N) is 1. The van der Waals surface area contributed by atoms with Crippen LogP contribution in [0.3, 0.4) is 0 Å². The molecule has 0 heterocycles. The molecule has 0 aliphatic carbocycles. The summed E-state index contributed by atoms with van der Waals surface area (Å²) in [4.78, 5) is 0. The standard InChI is InChI=1S/C17H20BrN/c1-4-19-17(14-6-5-7-16(18)11-14)15-9-8-12(2)13(3)10-15/h5-11,17,19H,4H2,1-3H3. The average molecular weight is 318 g/mol. The van der Waals surface area contributed by atoms with Crippen LogP contribution in [-0.4, -0.2) is 6.54 Å². The molecule has 1 nitrogen and oxygen atoms in total. The first kappa shape index (κ1) is 14.3. The molecule has 2 aromatic carbocycles. The molecule has 0 amide bonds. The van der Waals surface area contributed by atoms with E-state index in [0.717, 1.165) is 11.0 Å². The van der Waals surface area contributed by atoms with E-state index in [0.29, 0.717) is 0 Å². The van der Waals surface area contributed by atoms with Gasteiger partial charge in [0.1, 0.15) is 0 Å². The van der Waals surface area contributed by atoms with Crippen molar-refractivity contribution < 1.29 is 0 Å². The molecule has 0 aromatic heterocycles. The molecule has 19 heavy (non-hydrogen) atoms. The summed E-state index contributed by atoms with van der Waals surface area (Å²) in [5, 5.41) is 3.57. The van der Waals surface area contributed by atoms with Crippen molar-refractivity contribution in [2.45, 2.75) is 26.8 Å². The van der Waals surface area contributed by atoms with Crippen molar-refractivity contribution in [1.82, 2.24) is 5.32 Å². The molecule has 2 rings (SSSR count). The van der Waals surface area contributed by atoms with E-state index in [2.05, 4.69) is 84.5 Å². The van der Waals surface area contributed by atoms with Gasteiger partial charge in [-0.25, -0.2) is 0 Å². The Kier molecular flexibility index (Phi) is 4.78. The Morgan fingerprint density at radius 2 is 1.74 bits per heavy atom. The van der Waals surface area contributed by atoms with Gasteiger partial charge in [-0.05, 0) is 54.8 Å². The molecule has 0 saturated carbocycles. The second-order valence-electron chi connectivity index (χ2n) is 4.89. The Bertz CT molecular complexity index is 563. The number of benzene rings is 2. The van der Waals surface area contributed by atoms with E-state index >= 15 is 0 Å². The Balaban J connectivity index is 2.42. The van der Waals surface area contributed by atoms with Gasteiger partial charge in [0.05, 0.1) is 6.04 Å². The summed E-state index contributed by atoms with van der Waals surface area (Å²) >= 11 is 3.55. The van der Waals surface area contributed by atoms with Gasteiger partial charge in [0.2, 0.25) is 0 Å². The lowest BCUT2D eigenvalue weighted by Gasteiger charge is -2.20. The molecule has 2 heteroatoms. The summed E-state index contributed by atoms with van der Waals surface area (Å²) in [6, 6.07) is 15.5. The van der Waals surface area contributed by atoms with Crippen molar-refractivity contribution in [2.24, 2.45) is 0 Å². The van der Waals surface area contributed by atoms with Crippen LogP contribution in [0.1, 0.15) is 35.2 Å². The van der Waals surface area contributed by atoms with Gasteiger partial charge < -0.3 is 5.32 Å². The van der Waals surface area contributed by atoms with Crippen LogP contribution in [0, 0.1) is 13.8 Å². The lowest BCUT2D eigenvalue weighted by molar-refractivity contribution is 0.630. The van der Waals surface area contributed by atoms with Gasteiger partial charge in [-0.2, -0.15) is 0 Å². The van der Waals surface area contributed by atoms with Gasteiger partial charge in [-0.15, -0.1) is 0 Å². The van der Waals surface area contributed by atoms with Crippen LogP contribution in [0.2, 0.25) is 0 Å². The summed E-state index contributed by atoms with van der Waals surface area (Å²) in [6.07, 6.45) is 0. The first-order valence-corrected chi connectivity index (χ1v) is 7.47. The number of aryl methyl sites for hydroxylation is 2. The number of rotatable bonds is 4. The molecular formula is C17H20BrN. The largest absolute Gasteiger partial charge is 0.307 e. The second kappa shape index (κ2) is 6.36. The summed E-state index contributed by atoms with van der Waals surface area (Å²) in [7, 11) is 0. The third kappa shape index (κ3) is 3.46. The van der Waals surface area contributed by atoms with E-state index in [1.54, 1.807) is 0 Å². The maximum absolute atomic E-state index is 3.57. The van der Waals surface area contributed by atoms with Gasteiger partial charge in [-0.3, -0.25) is 0 Å². The fraction of sp³-hybridized carbons (Fsp3) is 0.294. The molecule has 1 atom stereocenters. The molecule has 0 spiro atoms. The topological polar surface area (TPSA) is 12.0 Å². The van der Waals surface area contributed by atoms with Crippen LogP contribution in [0.15, 0.2) is 46.9 Å². The summed E-state index contributed by atoms with van der Waals surface area (Å²) in [5.74, 6) is 0. The Morgan fingerprint density at radius 1 is 1.00 bits per heavy atom. The van der Waals surface area contributed by atoms with E-state index in [1.165, 1.54) is 22.3 Å². The molecule has 0 aliphatic heterocycles. The quantitative estimate of drug-likeness (QED) is 0.856. The molecule has 0 fully saturated rings. The average Bonchev–Trinajstić information content (AvgIpc) is 2.39. The number of hydrogen-bond donors (Lipinski definition) is 1. The molecule has 0 aliphatic rings. The predicted molar refractivity (Wildman–Crippen MR) is 85.6 cm³/mol. The highest BCUT2D eigenvalue weighted by Gasteiger charge is 2.13. The maximum atomic E-state index is 3.57. The lowest BCUT2D eigenvalue weighted by atomic mass is 9.95. The third-order valence-electron chi connectivity index (χ3n) is 3.45. The first-order valence-electron chi connectivity index (χ1n) is 6.68. The predicted octanol–water partition coefficient (Wildman–Crippen LogP) is 4.76. The second-order valence-corrected chi connectivity index (χ2v) is 5.81. The first-order chi connectivity index (χ1) is 9.11. The van der Waals surface area contributed by atoms with Crippen LogP contribution in [0.25, 0.3) is 0 Å². The van der Waals surface area contributed by atoms with Crippen molar-refractivity contribution >= 4 is 15.9 Å². The minimum absolute atomic E-state index is 0.252. The van der Waals surface area contributed by atoms with Crippen molar-refractivity contribution in [3.63, 3.8) is 0 Å². The fourth-order valence-corrected chi connectivity index (χ4v) is 2.68. The van der Waals surface area contributed by atoms with E-state index in [-0.39, 0.29) is 6.04 Å². The van der Waals surface area contributed by atoms with E-state index in [1.807, 2.05) is 0 Å². The maximum Gasteiger partial charge on any atom is 0.0577 e. The SMILES string of the molecule is CCNC(c1cccc(Br)c1)c1ccc(C)c(C)c1. The molecule has 2 aromatic rings. The van der Waals surface area contributed by atoms with Crippen LogP contribution in [-0.2, 0) is 0 Å². The summed E-state index contributed by atoms with van der Waals surface area (Å²) in [5.41, 5.74) is 5.30. The normalized spacial score (nSPS) is 12.4. The minimum Gasteiger partial charge on any atom is -0.307 e. The number of halogens is 1. The van der Waals surface area contributed by atoms with Gasteiger partial charge >= 0.3 is 0 Å². The third-order valence-corrected chi connectivity index (χ3v) is 3.95. The van der Waals surface area contributed by atoms with E-state index in [9.17, 15) is 0 Å². The van der Waals surface area contributed by atoms with Crippen molar-refractivity contribution in [1.29, 1.82) is 0 Å². The number of hydrogen-bond acceptors (Lipinski definition) is 1. The molecule has 1 unspecified atom stereocenters. The van der Waals surface area contributed by atoms with Crippen LogP contribution < -0.4 is 5.32 Å². The monoisotopic (exact) mass is 317 g/mol. The zero-order chi connectivity index (χ0) is 13.8. The Hall–Kier alpha value is -1.12. The summed E-state index contributed by atoms with van der Waals surface area (Å²) in [6.45, 7) is 7.42. The molecule has 0 saturated heterocycles. The molecule has 1 N–H and O–H groups in total. The van der Waals surface area contributed by atoms with Crippen molar-refractivity contribution in [3.8, 4) is 0 Å². The van der Waals surface area contributed by atoms with E-state index < -0.39 is 0 Å². The molecule has 0 bridgehead atoms. The van der Waals surface area contributed by atoms with Gasteiger partial charge in [0, 0.05) is 4.47 Å². The summed E-state index contributed by atoms with van der Waals surface area (Å²) < 4.78 is 1.12. The lowest BCUT2D eigenvalue weighted by Crippen LogP contribution is -2.22.